The number of hydrogen-bond donors (Lipinski definition) is 2. The van der Waals surface area contributed by atoms with E-state index in [1.807, 2.05) is 32.0 Å². The standard InChI is InChI=1S/C24H30N2O4/c1-3-12-29-19-14-18(28-4-2)21-20-16(24(27)22(21)23(19)25)8-5-9-17(20)30-13-10-15-7-6-11-26-15/h5,8-9,14-15,26H,3-4,6-7,10-13,25H2,1-2H3. The van der Waals surface area contributed by atoms with Crippen LogP contribution in [0.4, 0.5) is 5.69 Å². The number of nitrogens with two attached hydrogens (primary N) is 1. The van der Waals surface area contributed by atoms with Crippen molar-refractivity contribution >= 4 is 11.5 Å². The van der Waals surface area contributed by atoms with Crippen molar-refractivity contribution in [3.63, 3.8) is 0 Å². The average Bonchev–Trinajstić information content (AvgIpc) is 3.37. The van der Waals surface area contributed by atoms with Gasteiger partial charge in [0.2, 0.25) is 0 Å². The molecule has 6 nitrogen and oxygen atoms in total. The van der Waals surface area contributed by atoms with Gasteiger partial charge in [-0.1, -0.05) is 19.1 Å². The molecule has 1 atom stereocenters. The van der Waals surface area contributed by atoms with Crippen molar-refractivity contribution in [3.8, 4) is 28.4 Å². The Morgan fingerprint density at radius 2 is 1.87 bits per heavy atom. The van der Waals surface area contributed by atoms with Gasteiger partial charge >= 0.3 is 0 Å². The molecule has 3 N–H and O–H groups in total. The van der Waals surface area contributed by atoms with Crippen molar-refractivity contribution < 1.29 is 19.0 Å². The molecule has 1 unspecified atom stereocenters. The van der Waals surface area contributed by atoms with Gasteiger partial charge in [0.25, 0.3) is 0 Å². The number of nitrogen functional groups attached to an aromatic ring is 1. The predicted octanol–water partition coefficient (Wildman–Crippen LogP) is 4.19. The topological polar surface area (TPSA) is 82.8 Å². The SMILES string of the molecule is CCCOc1cc(OCC)c2c(c1N)C(=O)c1cccc(OCCC3CCCN3)c1-2. The van der Waals surface area contributed by atoms with Crippen LogP contribution in [0.1, 0.15) is 55.5 Å². The van der Waals surface area contributed by atoms with Gasteiger partial charge in [-0.25, -0.2) is 0 Å². The van der Waals surface area contributed by atoms with E-state index >= 15 is 0 Å². The lowest BCUT2D eigenvalue weighted by Gasteiger charge is -2.18. The molecule has 0 radical (unpaired) electrons. The molecule has 2 aromatic carbocycles. The number of ketones is 1. The van der Waals surface area contributed by atoms with Gasteiger partial charge in [0.15, 0.2) is 5.78 Å². The smallest absolute Gasteiger partial charge is 0.196 e. The molecule has 2 aromatic rings. The fourth-order valence-corrected chi connectivity index (χ4v) is 4.28. The van der Waals surface area contributed by atoms with Crippen molar-refractivity contribution in [2.75, 3.05) is 32.1 Å². The molecule has 0 spiro atoms. The van der Waals surface area contributed by atoms with Crippen LogP contribution in [0.25, 0.3) is 11.1 Å². The molecule has 6 heteroatoms. The molecule has 160 valence electrons. The van der Waals surface area contributed by atoms with E-state index in [1.165, 1.54) is 12.8 Å². The Bertz CT molecular complexity index is 935. The Morgan fingerprint density at radius 3 is 2.60 bits per heavy atom. The van der Waals surface area contributed by atoms with Gasteiger partial charge in [-0.05, 0) is 45.2 Å². The van der Waals surface area contributed by atoms with E-state index in [-0.39, 0.29) is 5.78 Å². The normalized spacial score (nSPS) is 17.0. The highest BCUT2D eigenvalue weighted by molar-refractivity contribution is 6.26. The van der Waals surface area contributed by atoms with Crippen LogP contribution in [0, 0.1) is 0 Å². The third kappa shape index (κ3) is 3.72. The third-order valence-corrected chi connectivity index (χ3v) is 5.69. The van der Waals surface area contributed by atoms with E-state index < -0.39 is 0 Å². The van der Waals surface area contributed by atoms with Crippen LogP contribution < -0.4 is 25.3 Å². The second-order valence-electron chi connectivity index (χ2n) is 7.76. The zero-order valence-electron chi connectivity index (χ0n) is 17.8. The second kappa shape index (κ2) is 8.96. The van der Waals surface area contributed by atoms with E-state index in [0.29, 0.717) is 65.5 Å². The first-order chi connectivity index (χ1) is 14.7. The molecule has 0 bridgehead atoms. The molecule has 4 rings (SSSR count). The minimum Gasteiger partial charge on any atom is -0.493 e. The first kappa shape index (κ1) is 20.5. The van der Waals surface area contributed by atoms with Crippen LogP contribution >= 0.6 is 0 Å². The fraction of sp³-hybridized carbons (Fsp3) is 0.458. The van der Waals surface area contributed by atoms with Crippen LogP contribution in [-0.2, 0) is 0 Å². The largest absolute Gasteiger partial charge is 0.493 e. The zero-order valence-corrected chi connectivity index (χ0v) is 17.8. The van der Waals surface area contributed by atoms with Gasteiger partial charge in [0, 0.05) is 28.8 Å². The second-order valence-corrected chi connectivity index (χ2v) is 7.76. The lowest BCUT2D eigenvalue weighted by molar-refractivity contribution is 0.104. The van der Waals surface area contributed by atoms with Crippen LogP contribution in [0.15, 0.2) is 24.3 Å². The molecule has 0 amide bonds. The molecule has 1 aliphatic carbocycles. The number of carbonyl (C=O) groups excluding carboxylic acids is 1. The summed E-state index contributed by atoms with van der Waals surface area (Å²) in [4.78, 5) is 13.3. The summed E-state index contributed by atoms with van der Waals surface area (Å²) in [5, 5.41) is 3.49. The number of nitrogens with one attached hydrogen (secondary N) is 1. The average molecular weight is 411 g/mol. The summed E-state index contributed by atoms with van der Waals surface area (Å²) in [6, 6.07) is 7.90. The van der Waals surface area contributed by atoms with Crippen LogP contribution in [0.3, 0.4) is 0 Å². The van der Waals surface area contributed by atoms with E-state index in [0.717, 1.165) is 24.9 Å². The Hall–Kier alpha value is -2.73. The van der Waals surface area contributed by atoms with Crippen LogP contribution in [0.5, 0.6) is 17.2 Å². The lowest BCUT2D eigenvalue weighted by Crippen LogP contribution is -2.23. The van der Waals surface area contributed by atoms with Gasteiger partial charge in [-0.15, -0.1) is 0 Å². The molecule has 2 aliphatic rings. The van der Waals surface area contributed by atoms with E-state index in [9.17, 15) is 4.79 Å². The number of ether oxygens (including phenoxy) is 3. The van der Waals surface area contributed by atoms with E-state index in [2.05, 4.69) is 5.32 Å². The van der Waals surface area contributed by atoms with Crippen molar-refractivity contribution in [2.45, 2.75) is 45.6 Å². The van der Waals surface area contributed by atoms with Crippen LogP contribution in [-0.4, -0.2) is 38.2 Å². The van der Waals surface area contributed by atoms with Crippen molar-refractivity contribution in [1.29, 1.82) is 0 Å². The minimum atomic E-state index is -0.108. The number of rotatable bonds is 9. The quantitative estimate of drug-likeness (QED) is 0.515. The summed E-state index contributed by atoms with van der Waals surface area (Å²) >= 11 is 0. The lowest BCUT2D eigenvalue weighted by atomic mass is 10.0. The Labute approximate surface area is 177 Å². The van der Waals surface area contributed by atoms with Gasteiger partial charge < -0.3 is 25.3 Å². The Balaban J connectivity index is 1.72. The van der Waals surface area contributed by atoms with Crippen molar-refractivity contribution in [3.05, 3.63) is 35.4 Å². The summed E-state index contributed by atoms with van der Waals surface area (Å²) in [6.07, 6.45) is 4.19. The van der Waals surface area contributed by atoms with Gasteiger partial charge in [-0.3, -0.25) is 4.79 Å². The molecule has 1 aliphatic heterocycles. The highest BCUT2D eigenvalue weighted by atomic mass is 16.5. The maximum Gasteiger partial charge on any atom is 0.196 e. The first-order valence-corrected chi connectivity index (χ1v) is 10.9. The van der Waals surface area contributed by atoms with Crippen molar-refractivity contribution in [2.24, 2.45) is 0 Å². The molecule has 1 fully saturated rings. The van der Waals surface area contributed by atoms with Gasteiger partial charge in [0.05, 0.1) is 31.1 Å². The van der Waals surface area contributed by atoms with Crippen molar-refractivity contribution in [1.82, 2.24) is 5.32 Å². The molecule has 30 heavy (non-hydrogen) atoms. The summed E-state index contributed by atoms with van der Waals surface area (Å²) in [5.41, 5.74) is 9.30. The zero-order chi connectivity index (χ0) is 21.1. The maximum atomic E-state index is 13.3. The summed E-state index contributed by atoms with van der Waals surface area (Å²) in [6.45, 7) is 6.62. The molecule has 1 heterocycles. The number of fused-ring (bicyclic) bond motifs is 3. The summed E-state index contributed by atoms with van der Waals surface area (Å²) < 4.78 is 17.9. The Morgan fingerprint density at radius 1 is 1.03 bits per heavy atom. The van der Waals surface area contributed by atoms with E-state index in [4.69, 9.17) is 19.9 Å². The summed E-state index contributed by atoms with van der Waals surface area (Å²) in [7, 11) is 0. The third-order valence-electron chi connectivity index (χ3n) is 5.69. The first-order valence-electron chi connectivity index (χ1n) is 10.9. The monoisotopic (exact) mass is 410 g/mol. The molecular formula is C24H30N2O4. The minimum absolute atomic E-state index is 0.108. The number of hydrogen-bond acceptors (Lipinski definition) is 6. The molecule has 1 saturated heterocycles. The highest BCUT2D eigenvalue weighted by Crippen LogP contribution is 2.52. The number of benzene rings is 2. The van der Waals surface area contributed by atoms with Gasteiger partial charge in [0.1, 0.15) is 17.2 Å². The van der Waals surface area contributed by atoms with Crippen LogP contribution in [0.2, 0.25) is 0 Å². The number of anilines is 1. The summed E-state index contributed by atoms with van der Waals surface area (Å²) in [5.74, 6) is 1.69. The number of carbonyl (C=O) groups is 1. The highest BCUT2D eigenvalue weighted by Gasteiger charge is 2.36. The Kier molecular flexibility index (Phi) is 6.13. The van der Waals surface area contributed by atoms with Gasteiger partial charge in [-0.2, -0.15) is 0 Å². The fourth-order valence-electron chi connectivity index (χ4n) is 4.28. The van der Waals surface area contributed by atoms with E-state index in [1.54, 1.807) is 6.07 Å². The molecule has 0 saturated carbocycles. The molecule has 0 aromatic heterocycles. The predicted molar refractivity (Wildman–Crippen MR) is 118 cm³/mol. The maximum absolute atomic E-state index is 13.3. The molecular weight excluding hydrogens is 380 g/mol.